The van der Waals surface area contributed by atoms with E-state index in [0.717, 1.165) is 6.07 Å². The summed E-state index contributed by atoms with van der Waals surface area (Å²) < 4.78 is 34.5. The molecule has 1 unspecified atom stereocenters. The first-order chi connectivity index (χ1) is 14.4. The van der Waals surface area contributed by atoms with Gasteiger partial charge in [-0.2, -0.15) is 0 Å². The lowest BCUT2D eigenvalue weighted by Gasteiger charge is -2.28. The molecule has 10 heteroatoms. The van der Waals surface area contributed by atoms with Gasteiger partial charge < -0.3 is 9.64 Å². The van der Waals surface area contributed by atoms with Gasteiger partial charge in [0.1, 0.15) is 23.4 Å². The minimum Gasteiger partial charge on any atom is -0.496 e. The fourth-order valence-electron chi connectivity index (χ4n) is 3.39. The zero-order valence-corrected chi connectivity index (χ0v) is 18.5. The molecule has 1 N–H and O–H groups in total. The monoisotopic (exact) mass is 541 g/mol. The number of ether oxygens (including phenoxy) is 1. The summed E-state index contributed by atoms with van der Waals surface area (Å²) in [5.74, 6) is -2.02. The third-order valence-electron chi connectivity index (χ3n) is 4.69. The quantitative estimate of drug-likeness (QED) is 0.488. The number of aromatic nitrogens is 1. The van der Waals surface area contributed by atoms with Crippen LogP contribution in [0.4, 0.5) is 13.9 Å². The Labute approximate surface area is 188 Å². The fourth-order valence-corrected chi connectivity index (χ4v) is 4.51. The second kappa shape index (κ2) is 8.26. The molecule has 3 aromatic rings. The predicted octanol–water partition coefficient (Wildman–Crippen LogP) is 4.37. The first kappa shape index (κ1) is 20.7. The molecule has 0 aliphatic carbocycles. The van der Waals surface area contributed by atoms with E-state index in [1.54, 1.807) is 11.4 Å². The van der Waals surface area contributed by atoms with Crippen molar-refractivity contribution in [3.63, 3.8) is 0 Å². The average molecular weight is 541 g/mol. The number of methoxy groups -OCH3 is 1. The number of amides is 2. The van der Waals surface area contributed by atoms with Gasteiger partial charge in [0, 0.05) is 31.8 Å². The van der Waals surface area contributed by atoms with Crippen LogP contribution in [0.5, 0.6) is 5.75 Å². The lowest BCUT2D eigenvalue weighted by Crippen LogP contribution is -2.38. The summed E-state index contributed by atoms with van der Waals surface area (Å²) in [6.07, 6.45) is 1.52. The zero-order chi connectivity index (χ0) is 21.4. The maximum Gasteiger partial charge on any atom is 0.255 e. The standard InChI is InChI=1S/C20H14F2IN3O3S/c1-29-16-3-2-10(21)6-13(16)17(18(27)25-20-24-4-5-30-20)26-9-14-12(19(26)28)7-11(23)8-15(14)22/h2-8,17H,9H2,1H3,(H,24,25,27). The minimum atomic E-state index is -1.25. The summed E-state index contributed by atoms with van der Waals surface area (Å²) in [5, 5.41) is 4.65. The molecule has 4 rings (SSSR count). The molecule has 1 aromatic heterocycles. The van der Waals surface area contributed by atoms with E-state index in [1.165, 1.54) is 47.7 Å². The highest BCUT2D eigenvalue weighted by Crippen LogP contribution is 2.38. The van der Waals surface area contributed by atoms with Crippen LogP contribution in [0.25, 0.3) is 0 Å². The Morgan fingerprint density at radius 3 is 2.83 bits per heavy atom. The van der Waals surface area contributed by atoms with E-state index in [9.17, 15) is 18.4 Å². The molecule has 0 spiro atoms. The Morgan fingerprint density at radius 1 is 1.33 bits per heavy atom. The van der Waals surface area contributed by atoms with Crippen LogP contribution in [0, 0.1) is 15.2 Å². The van der Waals surface area contributed by atoms with Gasteiger partial charge in [-0.1, -0.05) is 0 Å². The van der Waals surface area contributed by atoms with Crippen LogP contribution >= 0.6 is 33.9 Å². The topological polar surface area (TPSA) is 71.5 Å². The lowest BCUT2D eigenvalue weighted by molar-refractivity contribution is -0.120. The van der Waals surface area contributed by atoms with Gasteiger partial charge in [0.05, 0.1) is 13.7 Å². The van der Waals surface area contributed by atoms with E-state index < -0.39 is 29.5 Å². The van der Waals surface area contributed by atoms with E-state index in [-0.39, 0.29) is 29.0 Å². The van der Waals surface area contributed by atoms with Gasteiger partial charge in [0.15, 0.2) is 5.13 Å². The summed E-state index contributed by atoms with van der Waals surface area (Å²) in [7, 11) is 1.38. The molecule has 1 atom stereocenters. The molecule has 0 bridgehead atoms. The van der Waals surface area contributed by atoms with Crippen LogP contribution in [0.3, 0.4) is 0 Å². The molecule has 6 nitrogen and oxygen atoms in total. The van der Waals surface area contributed by atoms with E-state index >= 15 is 0 Å². The minimum absolute atomic E-state index is 0.132. The largest absolute Gasteiger partial charge is 0.496 e. The highest BCUT2D eigenvalue weighted by molar-refractivity contribution is 14.1. The van der Waals surface area contributed by atoms with Crippen molar-refractivity contribution in [2.75, 3.05) is 12.4 Å². The van der Waals surface area contributed by atoms with Crippen LogP contribution in [0.15, 0.2) is 41.9 Å². The molecule has 2 heterocycles. The van der Waals surface area contributed by atoms with Crippen LogP contribution in [-0.2, 0) is 11.3 Å². The molecular formula is C20H14F2IN3O3S. The summed E-state index contributed by atoms with van der Waals surface area (Å²) in [6.45, 7) is -0.132. The van der Waals surface area contributed by atoms with Crippen LogP contribution in [0.2, 0.25) is 0 Å². The third kappa shape index (κ3) is 3.76. The number of carbonyl (C=O) groups excluding carboxylic acids is 2. The average Bonchev–Trinajstić information content (AvgIpc) is 3.32. The number of carbonyl (C=O) groups is 2. The molecule has 0 saturated heterocycles. The number of hydrogen-bond donors (Lipinski definition) is 1. The number of benzene rings is 2. The summed E-state index contributed by atoms with van der Waals surface area (Å²) in [5.41, 5.74) is 0.535. The van der Waals surface area contributed by atoms with Gasteiger partial charge in [-0.25, -0.2) is 13.8 Å². The third-order valence-corrected chi connectivity index (χ3v) is 6.00. The molecule has 30 heavy (non-hydrogen) atoms. The second-order valence-corrected chi connectivity index (χ2v) is 8.60. The normalized spacial score (nSPS) is 13.9. The van der Waals surface area contributed by atoms with E-state index in [0.29, 0.717) is 8.70 Å². The fraction of sp³-hybridized carbons (Fsp3) is 0.150. The molecular weight excluding hydrogens is 527 g/mol. The van der Waals surface area contributed by atoms with Gasteiger partial charge in [0.25, 0.3) is 11.8 Å². The van der Waals surface area contributed by atoms with Crippen molar-refractivity contribution in [3.05, 3.63) is 73.8 Å². The first-order valence-electron chi connectivity index (χ1n) is 8.71. The summed E-state index contributed by atoms with van der Waals surface area (Å²) >= 11 is 3.12. The van der Waals surface area contributed by atoms with Crippen molar-refractivity contribution >= 4 is 50.9 Å². The molecule has 0 fully saturated rings. The molecule has 0 radical (unpaired) electrons. The number of anilines is 1. The first-order valence-corrected chi connectivity index (χ1v) is 10.7. The van der Waals surface area contributed by atoms with E-state index in [1.807, 2.05) is 22.6 Å². The Balaban J connectivity index is 1.80. The Hall–Kier alpha value is -2.60. The van der Waals surface area contributed by atoms with Crippen molar-refractivity contribution in [1.29, 1.82) is 0 Å². The van der Waals surface area contributed by atoms with Gasteiger partial charge >= 0.3 is 0 Å². The predicted molar refractivity (Wildman–Crippen MR) is 115 cm³/mol. The van der Waals surface area contributed by atoms with Gasteiger partial charge in [0.2, 0.25) is 0 Å². The van der Waals surface area contributed by atoms with E-state index in [4.69, 9.17) is 4.74 Å². The molecule has 154 valence electrons. The molecule has 2 amide bonds. The van der Waals surface area contributed by atoms with Gasteiger partial charge in [-0.05, 0) is 52.9 Å². The highest BCUT2D eigenvalue weighted by atomic mass is 127. The zero-order valence-electron chi connectivity index (χ0n) is 15.5. The number of fused-ring (bicyclic) bond motifs is 1. The van der Waals surface area contributed by atoms with E-state index in [2.05, 4.69) is 10.3 Å². The van der Waals surface area contributed by atoms with Crippen LogP contribution in [-0.4, -0.2) is 28.8 Å². The number of halogens is 3. The summed E-state index contributed by atoms with van der Waals surface area (Å²) in [4.78, 5) is 31.6. The van der Waals surface area contributed by atoms with Crippen LogP contribution < -0.4 is 10.1 Å². The second-order valence-electron chi connectivity index (χ2n) is 6.46. The Kier molecular flexibility index (Phi) is 5.69. The van der Waals surface area contributed by atoms with Crippen molar-refractivity contribution in [1.82, 2.24) is 9.88 Å². The van der Waals surface area contributed by atoms with Gasteiger partial charge in [-0.15, -0.1) is 11.3 Å². The number of hydrogen-bond acceptors (Lipinski definition) is 5. The van der Waals surface area contributed by atoms with Crippen LogP contribution in [0.1, 0.15) is 27.5 Å². The van der Waals surface area contributed by atoms with Gasteiger partial charge in [-0.3, -0.25) is 14.9 Å². The molecule has 2 aromatic carbocycles. The maximum absolute atomic E-state index is 14.5. The Morgan fingerprint density at radius 2 is 2.13 bits per heavy atom. The van der Waals surface area contributed by atoms with Crippen molar-refractivity contribution < 1.29 is 23.1 Å². The maximum atomic E-state index is 14.5. The molecule has 0 saturated carbocycles. The van der Waals surface area contributed by atoms with Crippen molar-refractivity contribution in [2.45, 2.75) is 12.6 Å². The molecule has 1 aliphatic rings. The summed E-state index contributed by atoms with van der Waals surface area (Å²) in [6, 6.07) is 5.35. The number of rotatable bonds is 5. The van der Waals surface area contributed by atoms with Crippen molar-refractivity contribution in [2.24, 2.45) is 0 Å². The number of nitrogens with zero attached hydrogens (tertiary/aromatic N) is 2. The smallest absolute Gasteiger partial charge is 0.255 e. The SMILES string of the molecule is COc1ccc(F)cc1C(C(=O)Nc1nccs1)N1Cc2c(F)cc(I)cc2C1=O. The Bertz CT molecular complexity index is 1140. The molecule has 1 aliphatic heterocycles. The van der Waals surface area contributed by atoms with Crippen molar-refractivity contribution in [3.8, 4) is 5.75 Å². The highest BCUT2D eigenvalue weighted by Gasteiger charge is 2.40. The number of nitrogens with one attached hydrogen (secondary N) is 1. The lowest BCUT2D eigenvalue weighted by atomic mass is 10.0. The number of thiazole rings is 1.